The summed E-state index contributed by atoms with van der Waals surface area (Å²) in [6.07, 6.45) is -1.63. The van der Waals surface area contributed by atoms with Crippen LogP contribution < -0.4 is 5.32 Å². The molecular formula is C21H20ClF3N6OS. The standard InChI is InChI=1S/C21H20ClF3N6OS/c22-16-10-14(21(23,24)25)11-26-19(16)27-18(32)13-33-20-29-28-17(12-30-8-4-5-9-30)31(20)15-6-2-1-3-7-15/h1-3,6-7,10-11H,4-5,8-9,12-13H2,(H,26,27,32). The summed E-state index contributed by atoms with van der Waals surface area (Å²) in [7, 11) is 0. The topological polar surface area (TPSA) is 75.9 Å². The van der Waals surface area contributed by atoms with Crippen LogP contribution in [0.4, 0.5) is 19.0 Å². The zero-order valence-electron chi connectivity index (χ0n) is 17.3. The summed E-state index contributed by atoms with van der Waals surface area (Å²) in [5.41, 5.74) is -0.103. The van der Waals surface area contributed by atoms with E-state index >= 15 is 0 Å². The molecule has 7 nitrogen and oxygen atoms in total. The number of carbonyl (C=O) groups is 1. The second-order valence-corrected chi connectivity index (χ2v) is 8.79. The molecule has 3 heterocycles. The molecule has 1 aliphatic rings. The van der Waals surface area contributed by atoms with Crippen molar-refractivity contribution in [3.63, 3.8) is 0 Å². The van der Waals surface area contributed by atoms with Crippen LogP contribution in [0.25, 0.3) is 5.69 Å². The fraction of sp³-hybridized carbons (Fsp3) is 0.333. The van der Waals surface area contributed by atoms with Crippen molar-refractivity contribution in [2.24, 2.45) is 0 Å². The van der Waals surface area contributed by atoms with Crippen molar-refractivity contribution in [3.05, 3.63) is 59.0 Å². The van der Waals surface area contributed by atoms with E-state index in [9.17, 15) is 18.0 Å². The van der Waals surface area contributed by atoms with Gasteiger partial charge in [-0.05, 0) is 44.1 Å². The maximum Gasteiger partial charge on any atom is 0.417 e. The molecule has 0 saturated carbocycles. The number of thioether (sulfide) groups is 1. The van der Waals surface area contributed by atoms with Crippen molar-refractivity contribution < 1.29 is 18.0 Å². The van der Waals surface area contributed by atoms with E-state index in [1.54, 1.807) is 0 Å². The number of anilines is 1. The smallest absolute Gasteiger partial charge is 0.309 e. The van der Waals surface area contributed by atoms with Crippen LogP contribution in [0.2, 0.25) is 5.02 Å². The van der Waals surface area contributed by atoms with E-state index < -0.39 is 17.6 Å². The molecule has 174 valence electrons. The lowest BCUT2D eigenvalue weighted by atomic mass is 10.3. The van der Waals surface area contributed by atoms with Crippen LogP contribution in [-0.4, -0.2) is 49.4 Å². The summed E-state index contributed by atoms with van der Waals surface area (Å²) >= 11 is 7.04. The number of para-hydroxylation sites is 1. The van der Waals surface area contributed by atoms with Gasteiger partial charge >= 0.3 is 6.18 Å². The first kappa shape index (κ1) is 23.5. The molecule has 1 amide bonds. The molecule has 12 heteroatoms. The number of pyridine rings is 1. The van der Waals surface area contributed by atoms with Crippen LogP contribution in [-0.2, 0) is 17.5 Å². The maximum absolute atomic E-state index is 12.8. The van der Waals surface area contributed by atoms with Crippen LogP contribution in [0.1, 0.15) is 24.2 Å². The third-order valence-electron chi connectivity index (χ3n) is 5.04. The molecule has 0 aliphatic carbocycles. The first-order valence-corrected chi connectivity index (χ1v) is 11.5. The molecule has 0 radical (unpaired) electrons. The van der Waals surface area contributed by atoms with Gasteiger partial charge in [0.25, 0.3) is 0 Å². The zero-order valence-corrected chi connectivity index (χ0v) is 18.9. The molecule has 1 saturated heterocycles. The molecule has 0 spiro atoms. The number of carbonyl (C=O) groups excluding carboxylic acids is 1. The first-order chi connectivity index (χ1) is 15.8. The summed E-state index contributed by atoms with van der Waals surface area (Å²) in [5, 5.41) is 11.3. The Labute approximate surface area is 197 Å². The Kier molecular flexibility index (Phi) is 7.20. The van der Waals surface area contributed by atoms with E-state index in [1.165, 1.54) is 11.8 Å². The van der Waals surface area contributed by atoms with Crippen molar-refractivity contribution in [3.8, 4) is 5.69 Å². The number of benzene rings is 1. The van der Waals surface area contributed by atoms with Gasteiger partial charge in [-0.2, -0.15) is 13.2 Å². The number of halogens is 4. The molecule has 33 heavy (non-hydrogen) atoms. The predicted octanol–water partition coefficient (Wildman–Crippen LogP) is 4.66. The summed E-state index contributed by atoms with van der Waals surface area (Å²) in [5.74, 6) is 0.124. The number of aromatic nitrogens is 4. The van der Waals surface area contributed by atoms with Gasteiger partial charge < -0.3 is 5.32 Å². The van der Waals surface area contributed by atoms with E-state index in [0.717, 1.165) is 43.5 Å². The third-order valence-corrected chi connectivity index (χ3v) is 6.25. The second kappa shape index (κ2) is 10.1. The van der Waals surface area contributed by atoms with Crippen LogP contribution >= 0.6 is 23.4 Å². The van der Waals surface area contributed by atoms with Gasteiger partial charge in [0.2, 0.25) is 5.91 Å². The van der Waals surface area contributed by atoms with Crippen molar-refractivity contribution in [1.29, 1.82) is 0 Å². The van der Waals surface area contributed by atoms with Gasteiger partial charge in [-0.25, -0.2) is 4.98 Å². The summed E-state index contributed by atoms with van der Waals surface area (Å²) in [6.45, 7) is 2.67. The molecule has 0 unspecified atom stereocenters. The van der Waals surface area contributed by atoms with Gasteiger partial charge in [0.1, 0.15) is 0 Å². The lowest BCUT2D eigenvalue weighted by Crippen LogP contribution is -2.21. The molecule has 0 bridgehead atoms. The first-order valence-electron chi connectivity index (χ1n) is 10.2. The fourth-order valence-corrected chi connectivity index (χ4v) is 4.44. The van der Waals surface area contributed by atoms with Gasteiger partial charge in [-0.3, -0.25) is 14.3 Å². The largest absolute Gasteiger partial charge is 0.417 e. The Morgan fingerprint density at radius 2 is 1.88 bits per heavy atom. The molecule has 4 rings (SSSR count). The number of hydrogen-bond donors (Lipinski definition) is 1. The van der Waals surface area contributed by atoms with E-state index in [0.29, 0.717) is 17.9 Å². The van der Waals surface area contributed by atoms with E-state index in [1.807, 2.05) is 34.9 Å². The van der Waals surface area contributed by atoms with Gasteiger partial charge in [0, 0.05) is 11.9 Å². The molecule has 2 aromatic heterocycles. The Bertz CT molecular complexity index is 1120. The van der Waals surface area contributed by atoms with E-state index in [4.69, 9.17) is 11.6 Å². The average Bonchev–Trinajstić information content (AvgIpc) is 3.44. The number of hydrogen-bond acceptors (Lipinski definition) is 6. The minimum absolute atomic E-state index is 0.0479. The highest BCUT2D eigenvalue weighted by Gasteiger charge is 2.31. The Morgan fingerprint density at radius 1 is 1.15 bits per heavy atom. The van der Waals surface area contributed by atoms with Gasteiger partial charge in [0.05, 0.1) is 22.9 Å². The van der Waals surface area contributed by atoms with Crippen molar-refractivity contribution in [2.45, 2.75) is 30.7 Å². The third kappa shape index (κ3) is 5.84. The zero-order chi connectivity index (χ0) is 23.4. The summed E-state index contributed by atoms with van der Waals surface area (Å²) in [4.78, 5) is 18.4. The Morgan fingerprint density at radius 3 is 2.55 bits per heavy atom. The van der Waals surface area contributed by atoms with Crippen molar-refractivity contribution in [1.82, 2.24) is 24.6 Å². The number of nitrogens with zero attached hydrogens (tertiary/aromatic N) is 5. The minimum atomic E-state index is -4.57. The van der Waals surface area contributed by atoms with Gasteiger partial charge in [-0.1, -0.05) is 41.6 Å². The van der Waals surface area contributed by atoms with Crippen LogP contribution in [0.3, 0.4) is 0 Å². The minimum Gasteiger partial charge on any atom is -0.309 e. The Hall–Kier alpha value is -2.63. The van der Waals surface area contributed by atoms with Crippen LogP contribution in [0.15, 0.2) is 47.8 Å². The average molecular weight is 497 g/mol. The van der Waals surface area contributed by atoms with Crippen LogP contribution in [0.5, 0.6) is 0 Å². The highest BCUT2D eigenvalue weighted by molar-refractivity contribution is 7.99. The van der Waals surface area contributed by atoms with E-state index in [-0.39, 0.29) is 16.6 Å². The second-order valence-electron chi connectivity index (χ2n) is 7.44. The normalized spacial score (nSPS) is 14.5. The lowest BCUT2D eigenvalue weighted by Gasteiger charge is -2.16. The molecule has 3 aromatic rings. The molecule has 1 fully saturated rings. The Balaban J connectivity index is 1.46. The van der Waals surface area contributed by atoms with Crippen LogP contribution in [0, 0.1) is 0 Å². The number of rotatable bonds is 7. The number of amides is 1. The van der Waals surface area contributed by atoms with Gasteiger partial charge in [-0.15, -0.1) is 10.2 Å². The molecule has 0 atom stereocenters. The maximum atomic E-state index is 12.8. The highest BCUT2D eigenvalue weighted by Crippen LogP contribution is 2.32. The number of likely N-dealkylation sites (tertiary alicyclic amines) is 1. The molecular weight excluding hydrogens is 477 g/mol. The van der Waals surface area contributed by atoms with Crippen molar-refractivity contribution >= 4 is 35.1 Å². The van der Waals surface area contributed by atoms with E-state index in [2.05, 4.69) is 25.4 Å². The van der Waals surface area contributed by atoms with Gasteiger partial charge in [0.15, 0.2) is 16.8 Å². The molecule has 1 aliphatic heterocycles. The summed E-state index contributed by atoms with van der Waals surface area (Å²) in [6, 6.07) is 10.3. The number of nitrogens with one attached hydrogen (secondary N) is 1. The van der Waals surface area contributed by atoms with Crippen molar-refractivity contribution in [2.75, 3.05) is 24.2 Å². The monoisotopic (exact) mass is 496 g/mol. The molecule has 1 aromatic carbocycles. The quantitative estimate of drug-likeness (QED) is 0.479. The highest BCUT2D eigenvalue weighted by atomic mass is 35.5. The predicted molar refractivity (Wildman–Crippen MR) is 119 cm³/mol. The molecule has 1 N–H and O–H groups in total. The fourth-order valence-electron chi connectivity index (χ4n) is 3.46. The SMILES string of the molecule is O=C(CSc1nnc(CN2CCCC2)n1-c1ccccc1)Nc1ncc(C(F)(F)F)cc1Cl. The number of alkyl halides is 3. The summed E-state index contributed by atoms with van der Waals surface area (Å²) < 4.78 is 40.2. The lowest BCUT2D eigenvalue weighted by molar-refractivity contribution is -0.137.